The molecule has 140 valence electrons. The van der Waals surface area contributed by atoms with Crippen LogP contribution in [0.25, 0.3) is 5.69 Å². The summed E-state index contributed by atoms with van der Waals surface area (Å²) < 4.78 is 55.1. The van der Waals surface area contributed by atoms with Gasteiger partial charge in [-0.2, -0.15) is 0 Å². The monoisotopic (exact) mass is 392 g/mol. The smallest absolute Gasteiger partial charge is 0.352 e. The topological polar surface area (TPSA) is 88.4 Å². The van der Waals surface area contributed by atoms with E-state index < -0.39 is 32.5 Å². The van der Waals surface area contributed by atoms with Crippen LogP contribution in [0.2, 0.25) is 0 Å². The Morgan fingerprint density at radius 2 is 1.85 bits per heavy atom. The highest BCUT2D eigenvalue weighted by molar-refractivity contribution is 7.92. The summed E-state index contributed by atoms with van der Waals surface area (Å²) in [5.41, 5.74) is 1.35. The molecule has 6 nitrogen and oxygen atoms in total. The van der Waals surface area contributed by atoms with E-state index in [4.69, 9.17) is 0 Å². The van der Waals surface area contributed by atoms with E-state index in [9.17, 15) is 27.1 Å². The summed E-state index contributed by atoms with van der Waals surface area (Å²) in [6, 6.07) is 9.65. The van der Waals surface area contributed by atoms with E-state index in [1.807, 2.05) is 0 Å². The molecule has 0 bridgehead atoms. The van der Waals surface area contributed by atoms with Crippen molar-refractivity contribution in [2.45, 2.75) is 11.8 Å². The number of aromatic carboxylic acids is 1. The number of rotatable bonds is 5. The van der Waals surface area contributed by atoms with E-state index in [0.717, 1.165) is 12.1 Å². The zero-order valence-electron chi connectivity index (χ0n) is 14.0. The van der Waals surface area contributed by atoms with E-state index in [2.05, 4.69) is 4.72 Å². The maximum Gasteiger partial charge on any atom is 0.352 e. The van der Waals surface area contributed by atoms with Crippen molar-refractivity contribution in [1.82, 2.24) is 4.57 Å². The molecule has 3 aromatic rings. The van der Waals surface area contributed by atoms with Crippen LogP contribution in [0.15, 0.2) is 59.6 Å². The predicted molar refractivity (Wildman–Crippen MR) is 94.6 cm³/mol. The quantitative estimate of drug-likeness (QED) is 0.695. The summed E-state index contributed by atoms with van der Waals surface area (Å²) in [5, 5.41) is 9.21. The Balaban J connectivity index is 1.94. The Labute approximate surface area is 153 Å². The van der Waals surface area contributed by atoms with Crippen LogP contribution in [0.1, 0.15) is 16.1 Å². The fourth-order valence-electron chi connectivity index (χ4n) is 2.66. The fraction of sp³-hybridized carbons (Fsp3) is 0.0556. The second-order valence-corrected chi connectivity index (χ2v) is 7.40. The van der Waals surface area contributed by atoms with Crippen molar-refractivity contribution in [2.75, 3.05) is 4.72 Å². The summed E-state index contributed by atoms with van der Waals surface area (Å²) in [5.74, 6) is -3.18. The number of aromatic nitrogens is 1. The number of nitrogens with one attached hydrogen (secondary N) is 1. The molecule has 2 aromatic carbocycles. The van der Waals surface area contributed by atoms with Crippen molar-refractivity contribution >= 4 is 21.7 Å². The van der Waals surface area contributed by atoms with E-state index in [-0.39, 0.29) is 11.4 Å². The van der Waals surface area contributed by atoms with Crippen molar-refractivity contribution in [3.8, 4) is 5.69 Å². The zero-order chi connectivity index (χ0) is 19.8. The number of anilines is 1. The Morgan fingerprint density at radius 3 is 2.48 bits per heavy atom. The van der Waals surface area contributed by atoms with Gasteiger partial charge in [-0.05, 0) is 55.0 Å². The number of halogens is 2. The third kappa shape index (κ3) is 3.68. The molecule has 0 atom stereocenters. The lowest BCUT2D eigenvalue weighted by Gasteiger charge is -2.13. The molecule has 0 aliphatic heterocycles. The predicted octanol–water partition coefficient (Wildman–Crippen LogP) is 3.56. The molecule has 0 radical (unpaired) electrons. The molecule has 3 rings (SSSR count). The van der Waals surface area contributed by atoms with Gasteiger partial charge in [0.15, 0.2) is 0 Å². The van der Waals surface area contributed by atoms with Gasteiger partial charge in [-0.1, -0.05) is 0 Å². The molecule has 0 aliphatic carbocycles. The van der Waals surface area contributed by atoms with Gasteiger partial charge in [0.1, 0.15) is 22.2 Å². The highest BCUT2D eigenvalue weighted by Gasteiger charge is 2.20. The SMILES string of the molecule is Cc1cc(NS(=O)(=O)c2ccc(F)cc2F)ccc1-n1cccc1C(=O)O. The van der Waals surface area contributed by atoms with Crippen LogP contribution in [0.5, 0.6) is 0 Å². The van der Waals surface area contributed by atoms with Gasteiger partial charge in [0.05, 0.1) is 0 Å². The minimum absolute atomic E-state index is 0.0554. The number of hydrogen-bond donors (Lipinski definition) is 2. The van der Waals surface area contributed by atoms with Crippen molar-refractivity contribution in [3.05, 3.63) is 77.6 Å². The van der Waals surface area contributed by atoms with Crippen LogP contribution in [-0.2, 0) is 10.0 Å². The third-order valence-corrected chi connectivity index (χ3v) is 5.27. The molecule has 1 aromatic heterocycles. The summed E-state index contributed by atoms with van der Waals surface area (Å²) in [4.78, 5) is 10.6. The molecule has 0 saturated heterocycles. The Hall–Kier alpha value is -3.20. The first-order valence-corrected chi connectivity index (χ1v) is 9.17. The Bertz CT molecular complexity index is 1140. The van der Waals surface area contributed by atoms with Gasteiger partial charge < -0.3 is 9.67 Å². The van der Waals surface area contributed by atoms with E-state index in [1.165, 1.54) is 22.8 Å². The number of nitrogens with zero attached hydrogens (tertiary/aromatic N) is 1. The number of hydrogen-bond acceptors (Lipinski definition) is 3. The number of carboxylic acid groups (broad SMARTS) is 1. The number of benzene rings is 2. The molecule has 27 heavy (non-hydrogen) atoms. The van der Waals surface area contributed by atoms with Gasteiger partial charge in [-0.25, -0.2) is 22.0 Å². The molecule has 0 aliphatic rings. The second-order valence-electron chi connectivity index (χ2n) is 5.75. The fourth-order valence-corrected chi connectivity index (χ4v) is 3.77. The first-order chi connectivity index (χ1) is 12.7. The minimum atomic E-state index is -4.26. The van der Waals surface area contributed by atoms with Gasteiger partial charge in [0.25, 0.3) is 10.0 Å². The molecule has 0 fully saturated rings. The van der Waals surface area contributed by atoms with Crippen molar-refractivity contribution < 1.29 is 27.1 Å². The minimum Gasteiger partial charge on any atom is -0.477 e. The van der Waals surface area contributed by atoms with Crippen LogP contribution >= 0.6 is 0 Å². The first kappa shape index (κ1) is 18.6. The lowest BCUT2D eigenvalue weighted by Crippen LogP contribution is -2.15. The van der Waals surface area contributed by atoms with Crippen molar-refractivity contribution in [1.29, 1.82) is 0 Å². The van der Waals surface area contributed by atoms with E-state index in [0.29, 0.717) is 17.3 Å². The molecule has 0 spiro atoms. The maximum atomic E-state index is 13.8. The standard InChI is InChI=1S/C18H14F2N2O4S/c1-11-9-13(5-6-15(11)22-8-2-3-16(22)18(23)24)21-27(25,26)17-7-4-12(19)10-14(17)20/h2-10,21H,1H3,(H,23,24). The molecule has 1 heterocycles. The molecule has 0 unspecified atom stereocenters. The molecule has 2 N–H and O–H groups in total. The molecular weight excluding hydrogens is 378 g/mol. The lowest BCUT2D eigenvalue weighted by atomic mass is 10.1. The van der Waals surface area contributed by atoms with E-state index in [1.54, 1.807) is 25.3 Å². The number of carboxylic acids is 1. The average molecular weight is 392 g/mol. The summed E-state index contributed by atoms with van der Waals surface area (Å²) in [6.45, 7) is 1.68. The highest BCUT2D eigenvalue weighted by Crippen LogP contribution is 2.24. The van der Waals surface area contributed by atoms with Gasteiger partial charge in [0, 0.05) is 23.6 Å². The number of carbonyl (C=O) groups is 1. The van der Waals surface area contributed by atoms with Crippen LogP contribution < -0.4 is 4.72 Å². The van der Waals surface area contributed by atoms with Crippen LogP contribution in [0.3, 0.4) is 0 Å². The van der Waals surface area contributed by atoms with Crippen molar-refractivity contribution in [3.63, 3.8) is 0 Å². The van der Waals surface area contributed by atoms with Crippen LogP contribution in [-0.4, -0.2) is 24.1 Å². The van der Waals surface area contributed by atoms with Gasteiger partial charge >= 0.3 is 5.97 Å². The molecule has 9 heteroatoms. The highest BCUT2D eigenvalue weighted by atomic mass is 32.2. The molecule has 0 amide bonds. The normalized spacial score (nSPS) is 11.4. The Morgan fingerprint density at radius 1 is 1.11 bits per heavy atom. The third-order valence-electron chi connectivity index (χ3n) is 3.86. The zero-order valence-corrected chi connectivity index (χ0v) is 14.8. The van der Waals surface area contributed by atoms with Crippen molar-refractivity contribution in [2.24, 2.45) is 0 Å². The molecule has 0 saturated carbocycles. The second kappa shape index (κ2) is 6.84. The van der Waals surface area contributed by atoms with Crippen LogP contribution in [0, 0.1) is 18.6 Å². The largest absolute Gasteiger partial charge is 0.477 e. The molecular formula is C18H14F2N2O4S. The number of sulfonamides is 1. The number of aryl methyl sites for hydroxylation is 1. The van der Waals surface area contributed by atoms with Gasteiger partial charge in [0.2, 0.25) is 0 Å². The Kier molecular flexibility index (Phi) is 4.71. The van der Waals surface area contributed by atoms with E-state index >= 15 is 0 Å². The van der Waals surface area contributed by atoms with Gasteiger partial charge in [-0.3, -0.25) is 4.72 Å². The van der Waals surface area contributed by atoms with Crippen LogP contribution in [0.4, 0.5) is 14.5 Å². The summed E-state index contributed by atoms with van der Waals surface area (Å²) >= 11 is 0. The average Bonchev–Trinajstić information content (AvgIpc) is 3.03. The first-order valence-electron chi connectivity index (χ1n) is 7.68. The maximum absolute atomic E-state index is 13.8. The summed E-state index contributed by atoms with van der Waals surface area (Å²) in [6.07, 6.45) is 1.57. The summed E-state index contributed by atoms with van der Waals surface area (Å²) in [7, 11) is -4.26. The van der Waals surface area contributed by atoms with Gasteiger partial charge in [-0.15, -0.1) is 0 Å². The lowest BCUT2D eigenvalue weighted by molar-refractivity contribution is 0.0688.